The van der Waals surface area contributed by atoms with Crippen molar-refractivity contribution < 1.29 is 4.43 Å². The first-order valence-corrected chi connectivity index (χ1v) is 11.3. The Bertz CT molecular complexity index is 449. The van der Waals surface area contributed by atoms with E-state index in [-0.39, 0.29) is 0 Å². The lowest BCUT2D eigenvalue weighted by atomic mass is 10.0. The molecule has 0 radical (unpaired) electrons. The standard InChI is InChI=1S/C18H30OSSi/c1-18(2,3)21(4,5)19-14-10-6-7-11-16-12-8-9-13-17(16)15-20/h8-9,12-13,15H,6-7,10-11,14H2,1-5H3. The average molecular weight is 323 g/mol. The van der Waals surface area contributed by atoms with Crippen LogP contribution >= 0.6 is 12.2 Å². The summed E-state index contributed by atoms with van der Waals surface area (Å²) in [6.45, 7) is 12.4. The lowest BCUT2D eigenvalue weighted by Crippen LogP contribution is -2.40. The zero-order valence-electron chi connectivity index (χ0n) is 14.2. The molecule has 21 heavy (non-hydrogen) atoms. The van der Waals surface area contributed by atoms with Gasteiger partial charge in [0.1, 0.15) is 0 Å². The van der Waals surface area contributed by atoms with Crippen molar-refractivity contribution in [3.05, 3.63) is 35.4 Å². The maximum absolute atomic E-state index is 6.21. The number of unbranched alkanes of at least 4 members (excludes halogenated alkanes) is 2. The summed E-state index contributed by atoms with van der Waals surface area (Å²) in [5, 5.41) is 2.10. The van der Waals surface area contributed by atoms with Gasteiger partial charge in [0.25, 0.3) is 0 Å². The van der Waals surface area contributed by atoms with E-state index < -0.39 is 8.32 Å². The van der Waals surface area contributed by atoms with Gasteiger partial charge in [-0.05, 0) is 48.5 Å². The fraction of sp³-hybridized carbons (Fsp3) is 0.611. The fourth-order valence-corrected chi connectivity index (χ4v) is 3.33. The predicted octanol–water partition coefficient (Wildman–Crippen LogP) is 5.77. The summed E-state index contributed by atoms with van der Waals surface area (Å²) in [4.78, 5) is 0. The summed E-state index contributed by atoms with van der Waals surface area (Å²) in [5.74, 6) is 0. The Labute approximate surface area is 137 Å². The molecular formula is C18H30OSSi. The molecule has 0 spiro atoms. The minimum Gasteiger partial charge on any atom is -0.417 e. The van der Waals surface area contributed by atoms with Crippen LogP contribution < -0.4 is 0 Å². The number of hydrogen-bond acceptors (Lipinski definition) is 2. The average Bonchev–Trinajstić information content (AvgIpc) is 2.41. The summed E-state index contributed by atoms with van der Waals surface area (Å²) in [5.41, 5.74) is 2.57. The zero-order chi connectivity index (χ0) is 15.9. The van der Waals surface area contributed by atoms with Crippen LogP contribution in [0.1, 0.15) is 51.2 Å². The molecule has 118 valence electrons. The Kier molecular flexibility index (Phi) is 7.24. The molecule has 0 aliphatic rings. The van der Waals surface area contributed by atoms with Gasteiger partial charge in [-0.25, -0.2) is 0 Å². The van der Waals surface area contributed by atoms with Crippen molar-refractivity contribution in [1.29, 1.82) is 0 Å². The third kappa shape index (κ3) is 6.01. The summed E-state index contributed by atoms with van der Waals surface area (Å²) in [7, 11) is -1.56. The molecule has 0 fully saturated rings. The van der Waals surface area contributed by atoms with E-state index in [2.05, 4.69) is 58.1 Å². The highest BCUT2D eigenvalue weighted by Gasteiger charge is 2.36. The molecule has 1 aromatic rings. The highest BCUT2D eigenvalue weighted by molar-refractivity contribution is 7.79. The minimum atomic E-state index is -1.56. The van der Waals surface area contributed by atoms with Crippen LogP contribution in [-0.4, -0.2) is 20.3 Å². The van der Waals surface area contributed by atoms with E-state index in [9.17, 15) is 0 Å². The number of benzene rings is 1. The fourth-order valence-electron chi connectivity index (χ4n) is 2.01. The van der Waals surface area contributed by atoms with Gasteiger partial charge in [0.2, 0.25) is 0 Å². The molecule has 0 aliphatic heterocycles. The van der Waals surface area contributed by atoms with Crippen LogP contribution in [-0.2, 0) is 10.8 Å². The normalized spacial score (nSPS) is 12.4. The van der Waals surface area contributed by atoms with Crippen molar-refractivity contribution >= 4 is 25.9 Å². The Morgan fingerprint density at radius 1 is 1.10 bits per heavy atom. The topological polar surface area (TPSA) is 9.23 Å². The van der Waals surface area contributed by atoms with Gasteiger partial charge in [0.05, 0.1) is 0 Å². The molecular weight excluding hydrogens is 292 g/mol. The van der Waals surface area contributed by atoms with Gasteiger partial charge in [-0.3, -0.25) is 0 Å². The Morgan fingerprint density at radius 3 is 2.38 bits per heavy atom. The minimum absolute atomic E-state index is 0.311. The van der Waals surface area contributed by atoms with E-state index in [0.717, 1.165) is 19.4 Å². The second kappa shape index (κ2) is 8.21. The third-order valence-corrected chi connectivity index (χ3v) is 9.33. The first kappa shape index (κ1) is 18.5. The highest BCUT2D eigenvalue weighted by Crippen LogP contribution is 2.36. The van der Waals surface area contributed by atoms with Crippen LogP contribution in [0.25, 0.3) is 0 Å². The number of aryl methyl sites for hydroxylation is 1. The van der Waals surface area contributed by atoms with Gasteiger partial charge in [-0.15, -0.1) is 0 Å². The quantitative estimate of drug-likeness (QED) is 0.341. The van der Waals surface area contributed by atoms with Gasteiger partial charge in [-0.2, -0.15) is 0 Å². The maximum Gasteiger partial charge on any atom is 0.191 e. The number of rotatable bonds is 8. The van der Waals surface area contributed by atoms with Gasteiger partial charge in [0, 0.05) is 12.0 Å². The Hall–Kier alpha value is -0.513. The Morgan fingerprint density at radius 2 is 1.76 bits per heavy atom. The second-order valence-corrected chi connectivity index (χ2v) is 12.3. The molecule has 0 heterocycles. The second-order valence-electron chi connectivity index (χ2n) is 7.24. The van der Waals surface area contributed by atoms with E-state index in [4.69, 9.17) is 16.6 Å². The van der Waals surface area contributed by atoms with Crippen molar-refractivity contribution in [2.45, 2.75) is 64.6 Å². The van der Waals surface area contributed by atoms with Crippen molar-refractivity contribution in [2.75, 3.05) is 6.61 Å². The van der Waals surface area contributed by atoms with E-state index in [1.165, 1.54) is 24.0 Å². The lowest BCUT2D eigenvalue weighted by molar-refractivity contribution is 0.278. The van der Waals surface area contributed by atoms with E-state index in [1.54, 1.807) is 5.37 Å². The van der Waals surface area contributed by atoms with Crippen molar-refractivity contribution in [1.82, 2.24) is 0 Å². The number of hydrogen-bond donors (Lipinski definition) is 0. The van der Waals surface area contributed by atoms with E-state index in [1.807, 2.05) is 0 Å². The predicted molar refractivity (Wildman–Crippen MR) is 99.9 cm³/mol. The zero-order valence-corrected chi connectivity index (χ0v) is 16.1. The van der Waals surface area contributed by atoms with Crippen LogP contribution in [0.2, 0.25) is 18.1 Å². The smallest absolute Gasteiger partial charge is 0.191 e. The van der Waals surface area contributed by atoms with Crippen LogP contribution in [0.15, 0.2) is 24.3 Å². The van der Waals surface area contributed by atoms with E-state index in [0.29, 0.717) is 5.04 Å². The van der Waals surface area contributed by atoms with Crippen molar-refractivity contribution in [3.63, 3.8) is 0 Å². The number of thiocarbonyl (C=S) groups is 1. The first-order chi connectivity index (χ1) is 9.78. The Balaban J connectivity index is 2.25. The van der Waals surface area contributed by atoms with Crippen LogP contribution in [0.3, 0.4) is 0 Å². The summed E-state index contributed by atoms with van der Waals surface area (Å²) < 4.78 is 6.21. The largest absolute Gasteiger partial charge is 0.417 e. The van der Waals surface area contributed by atoms with Crippen LogP contribution in [0.4, 0.5) is 0 Å². The molecule has 1 nitrogen and oxygen atoms in total. The van der Waals surface area contributed by atoms with Gasteiger partial charge in [0.15, 0.2) is 8.32 Å². The molecule has 1 aromatic carbocycles. The molecule has 0 saturated heterocycles. The molecule has 0 N–H and O–H groups in total. The molecule has 0 unspecified atom stereocenters. The van der Waals surface area contributed by atoms with E-state index >= 15 is 0 Å². The summed E-state index contributed by atoms with van der Waals surface area (Å²) in [6, 6.07) is 8.43. The van der Waals surface area contributed by atoms with Gasteiger partial charge >= 0.3 is 0 Å². The van der Waals surface area contributed by atoms with Gasteiger partial charge in [-0.1, -0.05) is 63.7 Å². The van der Waals surface area contributed by atoms with Crippen molar-refractivity contribution in [2.24, 2.45) is 0 Å². The summed E-state index contributed by atoms with van der Waals surface area (Å²) in [6.07, 6.45) is 4.71. The highest BCUT2D eigenvalue weighted by atomic mass is 32.1. The molecule has 0 aliphatic carbocycles. The van der Waals surface area contributed by atoms with Crippen molar-refractivity contribution in [3.8, 4) is 0 Å². The monoisotopic (exact) mass is 322 g/mol. The van der Waals surface area contributed by atoms with Crippen LogP contribution in [0, 0.1) is 0 Å². The molecule has 0 atom stereocenters. The SMILES string of the molecule is CC(C)(C)[Si](C)(C)OCCCCCc1ccccc1C=S. The molecule has 0 aromatic heterocycles. The van der Waals surface area contributed by atoms with Crippen LogP contribution in [0.5, 0.6) is 0 Å². The maximum atomic E-state index is 6.21. The molecule has 0 amide bonds. The van der Waals surface area contributed by atoms with Gasteiger partial charge < -0.3 is 4.43 Å². The molecule has 1 rings (SSSR count). The molecule has 3 heteroatoms. The lowest BCUT2D eigenvalue weighted by Gasteiger charge is -2.36. The first-order valence-electron chi connectivity index (χ1n) is 7.95. The molecule has 0 bridgehead atoms. The summed E-state index contributed by atoms with van der Waals surface area (Å²) >= 11 is 5.06. The molecule has 0 saturated carbocycles. The third-order valence-electron chi connectivity index (χ3n) is 4.54.